The highest BCUT2D eigenvalue weighted by molar-refractivity contribution is 7.99. The lowest BCUT2D eigenvalue weighted by atomic mass is 9.97. The zero-order valence-electron chi connectivity index (χ0n) is 17.5. The lowest BCUT2D eigenvalue weighted by molar-refractivity contribution is 1.20. The predicted molar refractivity (Wildman–Crippen MR) is 136 cm³/mol. The summed E-state index contributed by atoms with van der Waals surface area (Å²) >= 11 is 1.80. The van der Waals surface area contributed by atoms with E-state index in [9.17, 15) is 0 Å². The fraction of sp³-hybridized carbons (Fsp3) is 0. The van der Waals surface area contributed by atoms with Crippen LogP contribution in [0.15, 0.2) is 107 Å². The second-order valence-electron chi connectivity index (χ2n) is 8.58. The van der Waals surface area contributed by atoms with Crippen molar-refractivity contribution in [1.29, 1.82) is 0 Å². The molecule has 0 atom stereocenters. The summed E-state index contributed by atoms with van der Waals surface area (Å²) in [5, 5.41) is 3.67. The molecule has 8 rings (SSSR count). The maximum Gasteiger partial charge on any atom is 0.161 e. The van der Waals surface area contributed by atoms with Crippen LogP contribution in [0.2, 0.25) is 0 Å². The highest BCUT2D eigenvalue weighted by Gasteiger charge is 2.25. The summed E-state index contributed by atoms with van der Waals surface area (Å²) in [6.07, 6.45) is 0. The topological polar surface area (TPSA) is 25.8 Å². The molecule has 3 heteroatoms. The Labute approximate surface area is 195 Å². The number of benzene rings is 5. The zero-order chi connectivity index (χ0) is 21.5. The molecule has 1 aromatic heterocycles. The first-order valence-corrected chi connectivity index (χ1v) is 11.9. The summed E-state index contributed by atoms with van der Waals surface area (Å²) in [4.78, 5) is 12.7. The third-order valence-corrected chi connectivity index (χ3v) is 7.97. The molecule has 2 aliphatic rings. The average Bonchev–Trinajstić information content (AvgIpc) is 3.20. The summed E-state index contributed by atoms with van der Waals surface area (Å²) in [5.74, 6) is 0.788. The number of nitrogens with zero attached hydrogens (tertiary/aromatic N) is 2. The van der Waals surface area contributed by atoms with Gasteiger partial charge in [0.1, 0.15) is 0 Å². The zero-order valence-corrected chi connectivity index (χ0v) is 18.4. The molecule has 0 N–H and O–H groups in total. The Morgan fingerprint density at radius 3 is 2.00 bits per heavy atom. The number of aromatic nitrogens is 2. The van der Waals surface area contributed by atoms with Gasteiger partial charge in [0.05, 0.1) is 11.2 Å². The molecular formula is C30H16N2S. The second-order valence-corrected chi connectivity index (χ2v) is 9.66. The molecule has 0 amide bonds. The van der Waals surface area contributed by atoms with Crippen molar-refractivity contribution < 1.29 is 0 Å². The number of rotatable bonds is 1. The minimum Gasteiger partial charge on any atom is -0.228 e. The van der Waals surface area contributed by atoms with Crippen LogP contribution >= 0.6 is 11.8 Å². The van der Waals surface area contributed by atoms with Crippen molar-refractivity contribution in [2.45, 2.75) is 9.79 Å². The molecule has 152 valence electrons. The van der Waals surface area contributed by atoms with E-state index in [0.717, 1.165) is 28.0 Å². The monoisotopic (exact) mass is 436 g/mol. The smallest absolute Gasteiger partial charge is 0.161 e. The van der Waals surface area contributed by atoms with Gasteiger partial charge in [-0.2, -0.15) is 0 Å². The summed E-state index contributed by atoms with van der Waals surface area (Å²) in [6, 6.07) is 34.6. The van der Waals surface area contributed by atoms with Gasteiger partial charge in [0.15, 0.2) is 5.82 Å². The normalized spacial score (nSPS) is 12.7. The summed E-state index contributed by atoms with van der Waals surface area (Å²) < 4.78 is 0. The van der Waals surface area contributed by atoms with Gasteiger partial charge in [0.2, 0.25) is 0 Å². The Morgan fingerprint density at radius 1 is 0.455 bits per heavy atom. The molecule has 2 heterocycles. The van der Waals surface area contributed by atoms with E-state index in [2.05, 4.69) is 97.1 Å². The van der Waals surface area contributed by atoms with Crippen LogP contribution in [-0.2, 0) is 0 Å². The molecule has 0 fully saturated rings. The van der Waals surface area contributed by atoms with E-state index in [0.29, 0.717) is 0 Å². The maximum atomic E-state index is 5.20. The molecule has 1 aliphatic carbocycles. The van der Waals surface area contributed by atoms with E-state index >= 15 is 0 Å². The SMILES string of the molecule is c1ccc2c(c1)Sc1cccc3nc(-c4ccc5c6c(cccc46)-c4ccccc4-5)nc-2c13. The van der Waals surface area contributed by atoms with E-state index in [4.69, 9.17) is 9.97 Å². The van der Waals surface area contributed by atoms with E-state index in [1.807, 2.05) is 0 Å². The minimum atomic E-state index is 0.788. The Kier molecular flexibility index (Phi) is 3.36. The molecular weight excluding hydrogens is 420 g/mol. The third kappa shape index (κ3) is 2.30. The standard InChI is InChI=1S/C30H16N2S/c1-2-8-18-17(7-1)19-10-5-11-20-22(16-15-21(18)27(19)20)30-31-24-12-6-14-26-28(24)29(32-30)23-9-3-4-13-25(23)33-26/h1-16H. The molecule has 0 spiro atoms. The van der Waals surface area contributed by atoms with Gasteiger partial charge in [0, 0.05) is 26.3 Å². The van der Waals surface area contributed by atoms with Crippen molar-refractivity contribution >= 4 is 33.4 Å². The fourth-order valence-electron chi connectivity index (χ4n) is 5.43. The highest BCUT2D eigenvalue weighted by atomic mass is 32.2. The molecule has 5 aromatic carbocycles. The van der Waals surface area contributed by atoms with Crippen molar-refractivity contribution in [3.8, 4) is 44.9 Å². The Hall–Kier alpha value is -3.95. The van der Waals surface area contributed by atoms with Crippen LogP contribution in [0.1, 0.15) is 0 Å². The van der Waals surface area contributed by atoms with Crippen LogP contribution in [0.3, 0.4) is 0 Å². The molecule has 0 bridgehead atoms. The fourth-order valence-corrected chi connectivity index (χ4v) is 6.53. The Balaban J connectivity index is 1.46. The van der Waals surface area contributed by atoms with Gasteiger partial charge in [-0.15, -0.1) is 0 Å². The maximum absolute atomic E-state index is 5.20. The quantitative estimate of drug-likeness (QED) is 0.259. The predicted octanol–water partition coefficient (Wildman–Crippen LogP) is 8.23. The van der Waals surface area contributed by atoms with Gasteiger partial charge in [0.25, 0.3) is 0 Å². The van der Waals surface area contributed by atoms with Crippen LogP contribution < -0.4 is 0 Å². The number of hydrogen-bond acceptors (Lipinski definition) is 3. The number of hydrogen-bond donors (Lipinski definition) is 0. The summed E-state index contributed by atoms with van der Waals surface area (Å²) in [5.41, 5.74) is 9.52. The van der Waals surface area contributed by atoms with Gasteiger partial charge >= 0.3 is 0 Å². The van der Waals surface area contributed by atoms with Crippen LogP contribution in [0, 0.1) is 0 Å². The first-order valence-electron chi connectivity index (χ1n) is 11.1. The minimum absolute atomic E-state index is 0.788. The molecule has 0 saturated carbocycles. The van der Waals surface area contributed by atoms with Crippen LogP contribution in [0.25, 0.3) is 66.6 Å². The van der Waals surface area contributed by atoms with Crippen molar-refractivity contribution in [3.63, 3.8) is 0 Å². The van der Waals surface area contributed by atoms with Crippen LogP contribution in [0.4, 0.5) is 0 Å². The van der Waals surface area contributed by atoms with Crippen molar-refractivity contribution in [1.82, 2.24) is 9.97 Å². The molecule has 6 aromatic rings. The largest absolute Gasteiger partial charge is 0.228 e. The van der Waals surface area contributed by atoms with E-state index in [1.165, 1.54) is 48.4 Å². The first kappa shape index (κ1) is 17.6. The van der Waals surface area contributed by atoms with Gasteiger partial charge in [-0.3, -0.25) is 0 Å². The summed E-state index contributed by atoms with van der Waals surface area (Å²) in [7, 11) is 0. The Bertz CT molecular complexity index is 1770. The van der Waals surface area contributed by atoms with E-state index in [1.54, 1.807) is 11.8 Å². The first-order chi connectivity index (χ1) is 16.4. The molecule has 0 unspecified atom stereocenters. The lowest BCUT2D eigenvalue weighted by Gasteiger charge is -2.20. The van der Waals surface area contributed by atoms with Crippen LogP contribution in [0.5, 0.6) is 0 Å². The summed E-state index contributed by atoms with van der Waals surface area (Å²) in [6.45, 7) is 0. The number of fused-ring (bicyclic) bond motifs is 5. The molecule has 0 radical (unpaired) electrons. The second kappa shape index (κ2) is 6.31. The van der Waals surface area contributed by atoms with Gasteiger partial charge in [-0.25, -0.2) is 9.97 Å². The highest BCUT2D eigenvalue weighted by Crippen LogP contribution is 2.50. The van der Waals surface area contributed by atoms with Gasteiger partial charge in [-0.05, 0) is 57.3 Å². The van der Waals surface area contributed by atoms with Gasteiger partial charge in [-0.1, -0.05) is 84.6 Å². The third-order valence-electron chi connectivity index (χ3n) is 6.84. The lowest BCUT2D eigenvalue weighted by Crippen LogP contribution is -2.00. The van der Waals surface area contributed by atoms with Gasteiger partial charge < -0.3 is 0 Å². The molecule has 1 aliphatic heterocycles. The Morgan fingerprint density at radius 2 is 1.12 bits per heavy atom. The van der Waals surface area contributed by atoms with Crippen molar-refractivity contribution in [2.24, 2.45) is 0 Å². The molecule has 2 nitrogen and oxygen atoms in total. The van der Waals surface area contributed by atoms with E-state index < -0.39 is 0 Å². The van der Waals surface area contributed by atoms with E-state index in [-0.39, 0.29) is 0 Å². The molecule has 0 saturated heterocycles. The van der Waals surface area contributed by atoms with Crippen LogP contribution in [-0.4, -0.2) is 9.97 Å². The van der Waals surface area contributed by atoms with Crippen molar-refractivity contribution in [3.05, 3.63) is 97.1 Å². The average molecular weight is 437 g/mol. The van der Waals surface area contributed by atoms with Crippen molar-refractivity contribution in [2.75, 3.05) is 0 Å². The molecule has 33 heavy (non-hydrogen) atoms.